The minimum Gasteiger partial charge on any atom is -0.356 e. The van der Waals surface area contributed by atoms with Gasteiger partial charge in [0, 0.05) is 31.3 Å². The number of amides is 4. The maximum Gasteiger partial charge on any atom is 0.246 e. The molecule has 2 saturated heterocycles. The predicted octanol–water partition coefficient (Wildman–Crippen LogP) is 2.67. The third-order valence-corrected chi connectivity index (χ3v) is 8.65. The van der Waals surface area contributed by atoms with E-state index in [-0.39, 0.29) is 54.6 Å². The first-order valence-corrected chi connectivity index (χ1v) is 15.3. The minimum absolute atomic E-state index is 0.122. The summed E-state index contributed by atoms with van der Waals surface area (Å²) in [5, 5.41) is 12.1. The van der Waals surface area contributed by atoms with Crippen LogP contribution < -0.4 is 21.3 Å². The fourth-order valence-corrected chi connectivity index (χ4v) is 6.27. The molecule has 228 valence electrons. The SMILES string of the molecule is C#CCCC(=O)NC[C@H]1CC[C@H]2CC[C@@H](C(=O)NC(c3ccccc3)c3ccccc3)N2C(=O)[C@H]1NC(=O)[C@H](CC)NC. The van der Waals surface area contributed by atoms with Crippen molar-refractivity contribution in [3.8, 4) is 12.3 Å². The molecule has 2 fully saturated rings. The van der Waals surface area contributed by atoms with E-state index in [2.05, 4.69) is 27.2 Å². The second-order valence-electron chi connectivity index (χ2n) is 11.3. The van der Waals surface area contributed by atoms with Crippen molar-refractivity contribution in [1.82, 2.24) is 26.2 Å². The first kappa shape index (κ1) is 31.8. The number of hydrogen-bond acceptors (Lipinski definition) is 5. The lowest BCUT2D eigenvalue weighted by atomic mass is 9.92. The summed E-state index contributed by atoms with van der Waals surface area (Å²) in [6, 6.07) is 17.0. The summed E-state index contributed by atoms with van der Waals surface area (Å²) in [6.07, 6.45) is 8.92. The first-order chi connectivity index (χ1) is 20.9. The average molecular weight is 586 g/mol. The zero-order chi connectivity index (χ0) is 30.8. The van der Waals surface area contributed by atoms with Crippen LogP contribution in [0.2, 0.25) is 0 Å². The van der Waals surface area contributed by atoms with Gasteiger partial charge in [-0.15, -0.1) is 12.3 Å². The Balaban J connectivity index is 1.58. The van der Waals surface area contributed by atoms with Gasteiger partial charge in [0.05, 0.1) is 12.1 Å². The van der Waals surface area contributed by atoms with Crippen LogP contribution in [-0.2, 0) is 19.2 Å². The Morgan fingerprint density at radius 2 is 1.60 bits per heavy atom. The molecule has 9 heteroatoms. The van der Waals surface area contributed by atoms with E-state index in [4.69, 9.17) is 6.42 Å². The van der Waals surface area contributed by atoms with Crippen LogP contribution in [0.25, 0.3) is 0 Å². The monoisotopic (exact) mass is 585 g/mol. The number of nitrogens with one attached hydrogen (secondary N) is 4. The number of nitrogens with zero attached hydrogens (tertiary/aromatic N) is 1. The van der Waals surface area contributed by atoms with Gasteiger partial charge in [-0.2, -0.15) is 0 Å². The summed E-state index contributed by atoms with van der Waals surface area (Å²) in [6.45, 7) is 2.13. The third-order valence-electron chi connectivity index (χ3n) is 8.65. The Labute approximate surface area is 254 Å². The van der Waals surface area contributed by atoms with Crippen molar-refractivity contribution in [2.45, 2.75) is 82.1 Å². The highest BCUT2D eigenvalue weighted by atomic mass is 16.2. The van der Waals surface area contributed by atoms with Crippen molar-refractivity contribution >= 4 is 23.6 Å². The van der Waals surface area contributed by atoms with Crippen LogP contribution in [0.3, 0.4) is 0 Å². The predicted molar refractivity (Wildman–Crippen MR) is 165 cm³/mol. The second-order valence-corrected chi connectivity index (χ2v) is 11.3. The number of carbonyl (C=O) groups excluding carboxylic acids is 4. The smallest absolute Gasteiger partial charge is 0.246 e. The molecule has 0 bridgehead atoms. The van der Waals surface area contributed by atoms with Crippen molar-refractivity contribution in [3.05, 3.63) is 71.8 Å². The highest BCUT2D eigenvalue weighted by Crippen LogP contribution is 2.35. The van der Waals surface area contributed by atoms with Crippen molar-refractivity contribution in [3.63, 3.8) is 0 Å². The number of hydrogen-bond donors (Lipinski definition) is 4. The summed E-state index contributed by atoms with van der Waals surface area (Å²) in [7, 11) is 1.71. The summed E-state index contributed by atoms with van der Waals surface area (Å²) >= 11 is 0. The van der Waals surface area contributed by atoms with Crippen molar-refractivity contribution in [2.75, 3.05) is 13.6 Å². The molecule has 0 aliphatic carbocycles. The Morgan fingerprint density at radius 1 is 0.977 bits per heavy atom. The minimum atomic E-state index is -0.875. The molecule has 4 rings (SSSR count). The largest absolute Gasteiger partial charge is 0.356 e. The Bertz CT molecular complexity index is 1250. The van der Waals surface area contributed by atoms with Gasteiger partial charge in [0.25, 0.3) is 0 Å². The molecular weight excluding hydrogens is 542 g/mol. The Kier molecular flexibility index (Phi) is 11.3. The zero-order valence-electron chi connectivity index (χ0n) is 25.1. The topological polar surface area (TPSA) is 120 Å². The Hall–Kier alpha value is -4.16. The molecule has 0 spiro atoms. The van der Waals surface area contributed by atoms with Gasteiger partial charge in [0.1, 0.15) is 12.1 Å². The number of rotatable bonds is 12. The fourth-order valence-electron chi connectivity index (χ4n) is 6.27. The van der Waals surface area contributed by atoms with E-state index in [0.717, 1.165) is 11.1 Å². The first-order valence-electron chi connectivity index (χ1n) is 15.3. The van der Waals surface area contributed by atoms with Crippen LogP contribution in [0.1, 0.15) is 69.0 Å². The standard InChI is InChI=1S/C34H43N5O4/c1-4-6-17-29(40)36-22-25-18-19-26-20-21-28(39(26)34(43)31(25)38-32(41)27(5-2)35-3)33(42)37-30(23-13-9-7-10-14-23)24-15-11-8-12-16-24/h1,7-16,25-28,30-31,35H,5-6,17-22H2,2-3H3,(H,36,40)(H,37,42)(H,38,41)/t25-,26+,27+,28+,31+/m1/s1. The highest BCUT2D eigenvalue weighted by molar-refractivity contribution is 5.94. The zero-order valence-corrected chi connectivity index (χ0v) is 25.1. The second kappa shape index (κ2) is 15.4. The number of likely N-dealkylation sites (N-methyl/N-ethyl adjacent to an activating group) is 1. The molecule has 2 aliphatic rings. The molecule has 5 atom stereocenters. The van der Waals surface area contributed by atoms with Gasteiger partial charge in [0.15, 0.2) is 0 Å². The van der Waals surface area contributed by atoms with E-state index >= 15 is 0 Å². The number of terminal acetylenes is 1. The van der Waals surface area contributed by atoms with Gasteiger partial charge in [-0.1, -0.05) is 67.6 Å². The van der Waals surface area contributed by atoms with E-state index in [1.807, 2.05) is 67.6 Å². The Morgan fingerprint density at radius 3 is 2.19 bits per heavy atom. The van der Waals surface area contributed by atoms with Crippen LogP contribution in [-0.4, -0.2) is 66.3 Å². The van der Waals surface area contributed by atoms with E-state index in [0.29, 0.717) is 38.5 Å². The summed E-state index contributed by atoms with van der Waals surface area (Å²) in [5.74, 6) is 1.18. The molecule has 4 amide bonds. The molecule has 2 aromatic rings. The average Bonchev–Trinajstić information content (AvgIpc) is 3.42. The maximum absolute atomic E-state index is 14.3. The van der Waals surface area contributed by atoms with E-state index < -0.39 is 18.1 Å². The van der Waals surface area contributed by atoms with Gasteiger partial charge >= 0.3 is 0 Å². The van der Waals surface area contributed by atoms with Gasteiger partial charge in [-0.05, 0) is 50.3 Å². The summed E-state index contributed by atoms with van der Waals surface area (Å²) in [5.41, 5.74) is 1.89. The van der Waals surface area contributed by atoms with Crippen molar-refractivity contribution in [2.24, 2.45) is 5.92 Å². The van der Waals surface area contributed by atoms with Crippen molar-refractivity contribution in [1.29, 1.82) is 0 Å². The number of fused-ring (bicyclic) bond motifs is 1. The molecule has 9 nitrogen and oxygen atoms in total. The van der Waals surface area contributed by atoms with Crippen LogP contribution in [0.5, 0.6) is 0 Å². The molecule has 0 unspecified atom stereocenters. The van der Waals surface area contributed by atoms with Crippen LogP contribution in [0.4, 0.5) is 0 Å². The molecule has 4 N–H and O–H groups in total. The fraction of sp³-hybridized carbons (Fsp3) is 0.471. The van der Waals surface area contributed by atoms with Crippen LogP contribution in [0.15, 0.2) is 60.7 Å². The maximum atomic E-state index is 14.3. The number of benzene rings is 2. The van der Waals surface area contributed by atoms with E-state index in [1.54, 1.807) is 11.9 Å². The molecule has 2 aromatic carbocycles. The van der Waals surface area contributed by atoms with Crippen LogP contribution >= 0.6 is 0 Å². The van der Waals surface area contributed by atoms with Gasteiger partial charge in [-0.25, -0.2) is 0 Å². The number of carbonyl (C=O) groups is 4. The summed E-state index contributed by atoms with van der Waals surface area (Å²) < 4.78 is 0. The van der Waals surface area contributed by atoms with Crippen LogP contribution in [0, 0.1) is 18.3 Å². The third kappa shape index (κ3) is 7.82. The molecule has 0 aromatic heterocycles. The highest BCUT2D eigenvalue weighted by Gasteiger charge is 2.48. The molecule has 43 heavy (non-hydrogen) atoms. The lowest BCUT2D eigenvalue weighted by Crippen LogP contribution is -2.59. The normalized spacial score (nSPS) is 22.2. The quantitative estimate of drug-likeness (QED) is 0.286. The molecular formula is C34H43N5O4. The molecule has 0 radical (unpaired) electrons. The van der Waals surface area contributed by atoms with Gasteiger partial charge in [0.2, 0.25) is 23.6 Å². The van der Waals surface area contributed by atoms with E-state index in [9.17, 15) is 19.2 Å². The molecule has 2 aliphatic heterocycles. The lowest BCUT2D eigenvalue weighted by molar-refractivity contribution is -0.143. The summed E-state index contributed by atoms with van der Waals surface area (Å²) in [4.78, 5) is 55.5. The molecule has 0 saturated carbocycles. The van der Waals surface area contributed by atoms with Gasteiger partial charge < -0.3 is 26.2 Å². The lowest BCUT2D eigenvalue weighted by Gasteiger charge is -2.33. The van der Waals surface area contributed by atoms with E-state index in [1.165, 1.54) is 0 Å². The van der Waals surface area contributed by atoms with Gasteiger partial charge in [-0.3, -0.25) is 19.2 Å². The molecule has 2 heterocycles. The van der Waals surface area contributed by atoms with Crippen molar-refractivity contribution < 1.29 is 19.2 Å².